The molecule has 2 N–H and O–H groups in total. The largest absolute Gasteiger partial charge is 0.333 e. The van der Waals surface area contributed by atoms with Gasteiger partial charge in [-0.25, -0.2) is 0 Å². The maximum absolute atomic E-state index is 12.6. The van der Waals surface area contributed by atoms with Gasteiger partial charge in [0.25, 0.3) is 5.91 Å². The summed E-state index contributed by atoms with van der Waals surface area (Å²) in [6.45, 7) is 6.19. The van der Waals surface area contributed by atoms with Gasteiger partial charge in [-0.05, 0) is 18.1 Å². The van der Waals surface area contributed by atoms with Crippen molar-refractivity contribution in [2.24, 2.45) is 0 Å². The molecule has 0 bridgehead atoms. The fraction of sp³-hybridized carbons (Fsp3) is 0.562. The van der Waals surface area contributed by atoms with E-state index in [1.807, 2.05) is 11.0 Å². The van der Waals surface area contributed by atoms with E-state index in [0.717, 1.165) is 31.7 Å². The van der Waals surface area contributed by atoms with E-state index in [-0.39, 0.29) is 0 Å². The standard InChI is InChI=1S/C16H23N3O/c1-17-8-4-9-18(12-11-17)13-16(20)19-10-7-14-5-2-3-6-15(14)19/h2-3,5-6H,4,7-13H2,1H3/p+2. The fourth-order valence-corrected chi connectivity index (χ4v) is 3.36. The van der Waals surface area contributed by atoms with Gasteiger partial charge in [0.1, 0.15) is 13.1 Å². The number of nitrogens with one attached hydrogen (secondary N) is 2. The topological polar surface area (TPSA) is 29.2 Å². The molecule has 1 aromatic rings. The number of fused-ring (bicyclic) bond motifs is 1. The first-order valence-electron chi connectivity index (χ1n) is 7.77. The van der Waals surface area contributed by atoms with Gasteiger partial charge in [0.15, 0.2) is 6.54 Å². The van der Waals surface area contributed by atoms with Crippen LogP contribution in [0.15, 0.2) is 24.3 Å². The quantitative estimate of drug-likeness (QED) is 0.667. The first-order valence-corrected chi connectivity index (χ1v) is 7.77. The minimum atomic E-state index is 0.296. The van der Waals surface area contributed by atoms with Crippen molar-refractivity contribution >= 4 is 11.6 Å². The Morgan fingerprint density at radius 3 is 2.95 bits per heavy atom. The highest BCUT2D eigenvalue weighted by Gasteiger charge is 2.28. The van der Waals surface area contributed by atoms with Gasteiger partial charge >= 0.3 is 0 Å². The molecule has 0 saturated carbocycles. The highest BCUT2D eigenvalue weighted by Crippen LogP contribution is 2.26. The lowest BCUT2D eigenvalue weighted by Gasteiger charge is -2.21. The van der Waals surface area contributed by atoms with Crippen LogP contribution in [0.5, 0.6) is 0 Å². The minimum Gasteiger partial charge on any atom is -0.333 e. The molecule has 2 unspecified atom stereocenters. The van der Waals surface area contributed by atoms with Crippen molar-refractivity contribution in [1.29, 1.82) is 0 Å². The van der Waals surface area contributed by atoms with Gasteiger partial charge in [0, 0.05) is 18.7 Å². The summed E-state index contributed by atoms with van der Waals surface area (Å²) in [6.07, 6.45) is 2.23. The van der Waals surface area contributed by atoms with Gasteiger partial charge in [-0.2, -0.15) is 0 Å². The van der Waals surface area contributed by atoms with E-state index in [1.165, 1.54) is 30.0 Å². The smallest absolute Gasteiger partial charge is 0.282 e. The lowest BCUT2D eigenvalue weighted by atomic mass is 10.2. The van der Waals surface area contributed by atoms with Crippen molar-refractivity contribution in [3.8, 4) is 0 Å². The third-order valence-electron chi connectivity index (χ3n) is 4.63. The average molecular weight is 275 g/mol. The van der Waals surface area contributed by atoms with Crippen molar-refractivity contribution in [3.63, 3.8) is 0 Å². The molecular weight excluding hydrogens is 250 g/mol. The third-order valence-corrected chi connectivity index (χ3v) is 4.63. The van der Waals surface area contributed by atoms with Crippen molar-refractivity contribution in [3.05, 3.63) is 29.8 Å². The summed E-state index contributed by atoms with van der Waals surface area (Å²) in [5.74, 6) is 0.296. The molecule has 2 atom stereocenters. The van der Waals surface area contributed by atoms with E-state index in [0.29, 0.717) is 12.5 Å². The van der Waals surface area contributed by atoms with E-state index in [4.69, 9.17) is 0 Å². The molecule has 20 heavy (non-hydrogen) atoms. The Bertz CT molecular complexity index is 488. The number of quaternary nitrogens is 2. The molecule has 3 rings (SSSR count). The molecule has 108 valence electrons. The number of carbonyl (C=O) groups is 1. The molecular formula is C16H25N3O+2. The lowest BCUT2D eigenvalue weighted by Crippen LogP contribution is -3.17. The number of para-hydroxylation sites is 1. The second kappa shape index (κ2) is 5.94. The zero-order valence-corrected chi connectivity index (χ0v) is 12.3. The predicted molar refractivity (Wildman–Crippen MR) is 79.3 cm³/mol. The summed E-state index contributed by atoms with van der Waals surface area (Å²) >= 11 is 0. The summed E-state index contributed by atoms with van der Waals surface area (Å²) in [5, 5.41) is 0. The number of rotatable bonds is 2. The van der Waals surface area contributed by atoms with Gasteiger partial charge < -0.3 is 14.7 Å². The van der Waals surface area contributed by atoms with E-state index in [9.17, 15) is 4.79 Å². The van der Waals surface area contributed by atoms with E-state index in [2.05, 4.69) is 25.2 Å². The molecule has 1 fully saturated rings. The van der Waals surface area contributed by atoms with Crippen LogP contribution in [-0.4, -0.2) is 52.2 Å². The van der Waals surface area contributed by atoms with Crippen LogP contribution in [0.25, 0.3) is 0 Å². The Kier molecular flexibility index (Phi) is 4.03. The highest BCUT2D eigenvalue weighted by molar-refractivity contribution is 5.96. The minimum absolute atomic E-state index is 0.296. The molecule has 4 nitrogen and oxygen atoms in total. The maximum Gasteiger partial charge on any atom is 0.282 e. The van der Waals surface area contributed by atoms with Crippen LogP contribution in [0.2, 0.25) is 0 Å². The number of nitrogens with zero attached hydrogens (tertiary/aromatic N) is 1. The number of hydrogen-bond donors (Lipinski definition) is 2. The summed E-state index contributed by atoms with van der Waals surface area (Å²) < 4.78 is 0. The SMILES string of the molecule is C[NH+]1CCC[NH+](CC(=O)N2CCc3ccccc32)CC1. The van der Waals surface area contributed by atoms with Crippen LogP contribution >= 0.6 is 0 Å². The molecule has 0 aliphatic carbocycles. The highest BCUT2D eigenvalue weighted by atomic mass is 16.2. The fourth-order valence-electron chi connectivity index (χ4n) is 3.36. The number of benzene rings is 1. The summed E-state index contributed by atoms with van der Waals surface area (Å²) in [5.41, 5.74) is 2.45. The average Bonchev–Trinajstić information content (AvgIpc) is 2.78. The van der Waals surface area contributed by atoms with Crippen molar-refractivity contribution < 1.29 is 14.6 Å². The molecule has 0 spiro atoms. The Morgan fingerprint density at radius 2 is 2.05 bits per heavy atom. The van der Waals surface area contributed by atoms with Crippen LogP contribution in [0, 0.1) is 0 Å². The normalized spacial score (nSPS) is 26.1. The number of likely N-dealkylation sites (N-methyl/N-ethyl adjacent to an activating group) is 1. The van der Waals surface area contributed by atoms with Gasteiger partial charge in [-0.3, -0.25) is 4.79 Å². The van der Waals surface area contributed by atoms with Crippen LogP contribution in [0.3, 0.4) is 0 Å². The van der Waals surface area contributed by atoms with Gasteiger partial charge in [0.05, 0.1) is 20.1 Å². The third kappa shape index (κ3) is 2.86. The zero-order valence-electron chi connectivity index (χ0n) is 12.3. The Hall–Kier alpha value is -1.39. The molecule has 2 heterocycles. The van der Waals surface area contributed by atoms with Crippen molar-refractivity contribution in [2.45, 2.75) is 12.8 Å². The van der Waals surface area contributed by atoms with Crippen LogP contribution in [0.1, 0.15) is 12.0 Å². The molecule has 4 heteroatoms. The summed E-state index contributed by atoms with van der Waals surface area (Å²) in [6, 6.07) is 8.31. The van der Waals surface area contributed by atoms with Crippen molar-refractivity contribution in [2.75, 3.05) is 51.2 Å². The van der Waals surface area contributed by atoms with Crippen molar-refractivity contribution in [1.82, 2.24) is 0 Å². The van der Waals surface area contributed by atoms with E-state index < -0.39 is 0 Å². The van der Waals surface area contributed by atoms with Gasteiger partial charge in [-0.15, -0.1) is 0 Å². The second-order valence-electron chi connectivity index (χ2n) is 6.16. The van der Waals surface area contributed by atoms with Crippen LogP contribution < -0.4 is 14.7 Å². The van der Waals surface area contributed by atoms with E-state index in [1.54, 1.807) is 4.90 Å². The number of carbonyl (C=O) groups excluding carboxylic acids is 1. The predicted octanol–water partition coefficient (Wildman–Crippen LogP) is -1.62. The summed E-state index contributed by atoms with van der Waals surface area (Å²) in [7, 11) is 2.25. The Balaban J connectivity index is 1.63. The molecule has 1 amide bonds. The first-order chi connectivity index (χ1) is 9.74. The molecule has 0 radical (unpaired) electrons. The number of anilines is 1. The zero-order chi connectivity index (χ0) is 13.9. The monoisotopic (exact) mass is 275 g/mol. The second-order valence-corrected chi connectivity index (χ2v) is 6.16. The van der Waals surface area contributed by atoms with Crippen LogP contribution in [-0.2, 0) is 11.2 Å². The van der Waals surface area contributed by atoms with Gasteiger partial charge in [-0.1, -0.05) is 18.2 Å². The number of amides is 1. The summed E-state index contributed by atoms with van der Waals surface area (Å²) in [4.78, 5) is 17.6. The molecule has 2 aliphatic heterocycles. The van der Waals surface area contributed by atoms with E-state index >= 15 is 0 Å². The Labute approximate surface area is 121 Å². The molecule has 1 aromatic carbocycles. The molecule has 2 aliphatic rings. The van der Waals surface area contributed by atoms with Gasteiger partial charge in [0.2, 0.25) is 0 Å². The van der Waals surface area contributed by atoms with Crippen LogP contribution in [0.4, 0.5) is 5.69 Å². The molecule has 1 saturated heterocycles. The maximum atomic E-state index is 12.6. The number of hydrogen-bond acceptors (Lipinski definition) is 1. The Morgan fingerprint density at radius 1 is 1.20 bits per heavy atom. The lowest BCUT2D eigenvalue weighted by molar-refractivity contribution is -0.925. The molecule has 0 aromatic heterocycles. The first kappa shape index (κ1) is 13.6.